The van der Waals surface area contributed by atoms with Gasteiger partial charge in [0.15, 0.2) is 7.05 Å². The maximum atomic E-state index is 10.6. The van der Waals surface area contributed by atoms with Gasteiger partial charge < -0.3 is 22.2 Å². The summed E-state index contributed by atoms with van der Waals surface area (Å²) in [6.45, 7) is 3.10. The third kappa shape index (κ3) is 8.63. The Hall–Kier alpha value is -1.49. The number of likely N-dealkylation sites (N-methyl/N-ethyl adjacent to an activating group) is 1. The molecule has 0 aromatic carbocycles. The van der Waals surface area contributed by atoms with Crippen LogP contribution in [0.2, 0.25) is 0 Å². The van der Waals surface area contributed by atoms with Crippen LogP contribution in [0, 0.1) is 6.92 Å². The van der Waals surface area contributed by atoms with Crippen molar-refractivity contribution in [2.24, 2.45) is 0 Å². The van der Waals surface area contributed by atoms with E-state index in [1.807, 2.05) is 0 Å². The summed E-state index contributed by atoms with van der Waals surface area (Å²) in [4.78, 5) is 20.6. The van der Waals surface area contributed by atoms with Crippen LogP contribution in [0.4, 0.5) is 0 Å². The number of amides is 2. The third-order valence-electron chi connectivity index (χ3n) is 1.80. The van der Waals surface area contributed by atoms with Crippen LogP contribution in [-0.2, 0) is 49.5 Å². The maximum absolute atomic E-state index is 10.6. The number of hydrogen-bond donors (Lipinski definition) is 0. The second-order valence-electron chi connectivity index (χ2n) is 2.78. The molecule has 1 aliphatic rings. The summed E-state index contributed by atoms with van der Waals surface area (Å²) >= 11 is 0. The molecule has 102 valence electrons. The fourth-order valence-corrected chi connectivity index (χ4v) is 0.588. The average Bonchev–Trinajstić information content (AvgIpc) is 2.49. The van der Waals surface area contributed by atoms with Crippen molar-refractivity contribution in [3.8, 4) is 0 Å². The molecule has 0 unspecified atom stereocenters. The van der Waals surface area contributed by atoms with Crippen molar-refractivity contribution in [1.82, 2.24) is 10.0 Å². The van der Waals surface area contributed by atoms with Crippen molar-refractivity contribution in [1.29, 1.82) is 0 Å². The van der Waals surface area contributed by atoms with Gasteiger partial charge in [-0.15, -0.1) is 12.1 Å². The Balaban J connectivity index is -0.0000000942. The standard InChI is InChI=1S/C5H7N2O.C4H8N2O.Re.Rf.Rh/c1-6-4-3-5(8)7(6)2;1-4(7)6(3)5-2;;;/h3H,1-2H3;1H2,2-3H3;;;/q+1;-2;;;. The molecular formula is C9H15N4O2ReRfRh-. The minimum absolute atomic E-state index is 0. The first-order valence-electron chi connectivity index (χ1n) is 4.20. The Kier molecular flexibility index (Phi) is 16.9. The molecule has 0 aromatic heterocycles. The van der Waals surface area contributed by atoms with Gasteiger partial charge in [0, 0.05) is 39.9 Å². The monoisotopic (exact) mass is 768 g/mol. The maximum Gasteiger partial charge on any atom is 0.314 e. The van der Waals surface area contributed by atoms with Gasteiger partial charge in [-0.25, -0.2) is 0 Å². The van der Waals surface area contributed by atoms with Crippen molar-refractivity contribution in [2.75, 3.05) is 28.2 Å². The van der Waals surface area contributed by atoms with Gasteiger partial charge in [-0.1, -0.05) is 4.68 Å². The molecule has 6 nitrogen and oxygen atoms in total. The molecule has 0 fully saturated rings. The van der Waals surface area contributed by atoms with Crippen LogP contribution in [0.15, 0.2) is 6.08 Å². The Morgan fingerprint density at radius 2 is 2.06 bits per heavy atom. The predicted octanol–water partition coefficient (Wildman–Crippen LogP) is -0.566. The molecule has 9 heteroatoms. The van der Waals surface area contributed by atoms with Crippen LogP contribution >= 0.6 is 0 Å². The van der Waals surface area contributed by atoms with Crippen molar-refractivity contribution in [3.63, 3.8) is 0 Å². The number of carbonyl (C=O) groups excluding carboxylic acids is 2. The summed E-state index contributed by atoms with van der Waals surface area (Å²) in [6, 6.07) is 0. The topological polar surface area (TPSA) is 57.7 Å². The zero-order valence-corrected chi connectivity index (χ0v) is 21.6. The molecule has 0 aromatic rings. The molecule has 2 amide bonds. The fourth-order valence-electron chi connectivity index (χ4n) is 0.588. The van der Waals surface area contributed by atoms with Gasteiger partial charge in [0.05, 0.1) is 13.0 Å². The first kappa shape index (κ1) is 25.4. The van der Waals surface area contributed by atoms with Crippen LogP contribution in [0.1, 0.15) is 0 Å². The van der Waals surface area contributed by atoms with Gasteiger partial charge >= 0.3 is 5.91 Å². The molecule has 0 aliphatic carbocycles. The summed E-state index contributed by atoms with van der Waals surface area (Å²) in [5.41, 5.74) is 3.51. The second kappa shape index (κ2) is 12.0. The van der Waals surface area contributed by atoms with Gasteiger partial charge in [-0.2, -0.15) is 0 Å². The number of nitrogens with zero attached hydrogens (tertiary/aromatic N) is 4. The van der Waals surface area contributed by atoms with Crippen molar-refractivity contribution in [3.05, 3.63) is 18.4 Å². The van der Waals surface area contributed by atoms with Crippen LogP contribution in [0.25, 0.3) is 5.43 Å². The van der Waals surface area contributed by atoms with Gasteiger partial charge in [0.25, 0.3) is 0 Å². The van der Waals surface area contributed by atoms with E-state index in [0.29, 0.717) is 0 Å². The van der Waals surface area contributed by atoms with Gasteiger partial charge in [-0.3, -0.25) is 4.79 Å². The van der Waals surface area contributed by atoms with E-state index in [9.17, 15) is 9.59 Å². The van der Waals surface area contributed by atoms with E-state index in [2.05, 4.69) is 18.2 Å². The summed E-state index contributed by atoms with van der Waals surface area (Å²) in [7, 11) is 6.54. The average molecular weight is 767 g/mol. The molecule has 1 heterocycles. The van der Waals surface area contributed by atoms with Crippen LogP contribution < -0.4 is 0 Å². The van der Waals surface area contributed by atoms with E-state index in [-0.39, 0.29) is 51.7 Å². The molecule has 1 rings (SSSR count). The second-order valence-corrected chi connectivity index (χ2v) is 2.78. The fraction of sp³-hybridized carbons (Fsp3) is 0.444. The molecule has 0 spiro atoms. The molecule has 0 bridgehead atoms. The van der Waals surface area contributed by atoms with E-state index >= 15 is 0 Å². The summed E-state index contributed by atoms with van der Waals surface area (Å²) < 4.78 is 1.60. The quantitative estimate of drug-likeness (QED) is 0.156. The number of rotatable bonds is 1. The predicted molar refractivity (Wildman–Crippen MR) is 55.9 cm³/mol. The van der Waals surface area contributed by atoms with Crippen LogP contribution in [0.5, 0.6) is 0 Å². The summed E-state index contributed by atoms with van der Waals surface area (Å²) in [6.07, 6.45) is 1.40. The zero-order chi connectivity index (χ0) is 12.0. The Morgan fingerprint density at radius 3 is 2.11 bits per heavy atom. The number of carbonyl (C=O) groups is 2. The summed E-state index contributed by atoms with van der Waals surface area (Å²) in [5.74, 6) is 2.39. The molecule has 2 radical (unpaired) electrons. The zero-order valence-electron chi connectivity index (χ0n) is 10.8. The van der Waals surface area contributed by atoms with Crippen molar-refractivity contribution in [2.45, 2.75) is 0 Å². The molecule has 18 heavy (non-hydrogen) atoms. The summed E-state index contributed by atoms with van der Waals surface area (Å²) in [5, 5.41) is 2.64. The first-order chi connectivity index (χ1) is 6.90. The van der Waals surface area contributed by atoms with Gasteiger partial charge in [0.1, 0.15) is 6.08 Å². The minimum atomic E-state index is -0.289. The van der Waals surface area contributed by atoms with E-state index < -0.39 is 0 Å². The molecule has 0 saturated heterocycles. The Labute approximate surface area is 128 Å². The SMILES string of the molecule is CN1C(=O)C=C=[N+]1C.[CH2-]C(=O)N(C)[N-]C.[Re].[Rf].[Rh]. The third-order valence-corrected chi connectivity index (χ3v) is 1.80. The van der Waals surface area contributed by atoms with Gasteiger partial charge in [-0.05, 0) is 7.05 Å². The van der Waals surface area contributed by atoms with E-state index in [4.69, 9.17) is 0 Å². The number of hydrazine groups is 1. The molecule has 0 atom stereocenters. The molecule has 0 saturated carbocycles. The van der Waals surface area contributed by atoms with Crippen LogP contribution in [-0.4, -0.2) is 60.6 Å². The normalized spacial score (nSPS) is 11.0. The van der Waals surface area contributed by atoms with E-state index in [1.165, 1.54) is 23.1 Å². The first-order valence-corrected chi connectivity index (χ1v) is 4.20. The molecular weight excluding hydrogens is 752 g/mol. The molecule has 0 N–H and O–H groups in total. The van der Waals surface area contributed by atoms with Crippen molar-refractivity contribution < 1.29 is 54.2 Å². The number of hydrogen-bond acceptors (Lipinski definition) is 2. The van der Waals surface area contributed by atoms with Crippen molar-refractivity contribution >= 4 is 17.7 Å². The molecule has 1 aliphatic heterocycles. The number of hydrazone groups is 1. The largest absolute Gasteiger partial charge is 0.571 e. The van der Waals surface area contributed by atoms with E-state index in [1.54, 1.807) is 25.8 Å². The Bertz CT molecular complexity index is 335. The van der Waals surface area contributed by atoms with Gasteiger partial charge in [0.2, 0.25) is 5.87 Å². The minimum Gasteiger partial charge on any atom is -0.571 e. The van der Waals surface area contributed by atoms with Crippen LogP contribution in [0.3, 0.4) is 0 Å². The van der Waals surface area contributed by atoms with E-state index in [0.717, 1.165) is 0 Å². The smallest absolute Gasteiger partial charge is 0.314 e. The Morgan fingerprint density at radius 1 is 1.61 bits per heavy atom.